The summed E-state index contributed by atoms with van der Waals surface area (Å²) in [5.41, 5.74) is 4.54. The first-order valence-electron chi connectivity index (χ1n) is 6.19. The molecule has 0 fully saturated rings. The van der Waals surface area contributed by atoms with Gasteiger partial charge in [-0.2, -0.15) is 0 Å². The third kappa shape index (κ3) is 4.48. The Bertz CT molecular complexity index is 602. The molecule has 0 unspecified atom stereocenters. The van der Waals surface area contributed by atoms with Crippen molar-refractivity contribution in [2.75, 3.05) is 11.1 Å². The molecule has 0 aromatic heterocycles. The minimum Gasteiger partial charge on any atom is -0.478 e. The molecule has 0 spiro atoms. The summed E-state index contributed by atoms with van der Waals surface area (Å²) in [6.45, 7) is 6.30. The van der Waals surface area contributed by atoms with Crippen molar-refractivity contribution in [3.05, 3.63) is 23.3 Å². The van der Waals surface area contributed by atoms with Crippen LogP contribution in [0.2, 0.25) is 0 Å². The van der Waals surface area contributed by atoms with Crippen molar-refractivity contribution < 1.29 is 24.2 Å². The van der Waals surface area contributed by atoms with Crippen LogP contribution in [0.5, 0.6) is 0 Å². The van der Waals surface area contributed by atoms with Gasteiger partial charge >= 0.3 is 11.9 Å². The van der Waals surface area contributed by atoms with Crippen LogP contribution in [0.1, 0.15) is 48.4 Å². The van der Waals surface area contributed by atoms with Gasteiger partial charge in [-0.3, -0.25) is 4.79 Å². The molecule has 0 aliphatic carbocycles. The lowest BCUT2D eigenvalue weighted by molar-refractivity contribution is -0.114. The number of nitrogen functional groups attached to an aromatic ring is 1. The normalized spacial score (nSPS) is 10.9. The molecule has 1 amide bonds. The molecular formula is C14H18N2O5. The zero-order chi connectivity index (χ0) is 16.4. The van der Waals surface area contributed by atoms with Crippen LogP contribution in [0.25, 0.3) is 0 Å². The van der Waals surface area contributed by atoms with E-state index in [1.165, 1.54) is 19.1 Å². The fourth-order valence-corrected chi connectivity index (χ4v) is 1.61. The van der Waals surface area contributed by atoms with Gasteiger partial charge in [-0.1, -0.05) is 0 Å². The number of carbonyl (C=O) groups is 3. The van der Waals surface area contributed by atoms with Crippen LogP contribution in [0, 0.1) is 0 Å². The number of hydrogen-bond donors (Lipinski definition) is 3. The minimum absolute atomic E-state index is 0.103. The third-order valence-electron chi connectivity index (χ3n) is 2.35. The summed E-state index contributed by atoms with van der Waals surface area (Å²) in [4.78, 5) is 34.3. The highest BCUT2D eigenvalue weighted by molar-refractivity contribution is 6.05. The second-order valence-corrected chi connectivity index (χ2v) is 5.47. The van der Waals surface area contributed by atoms with E-state index in [0.29, 0.717) is 0 Å². The second kappa shape index (κ2) is 5.82. The van der Waals surface area contributed by atoms with Gasteiger partial charge < -0.3 is 20.9 Å². The Hall–Kier alpha value is -2.57. The highest BCUT2D eigenvalue weighted by Crippen LogP contribution is 2.26. The number of nitrogens with two attached hydrogens (primary N) is 1. The van der Waals surface area contributed by atoms with Crippen LogP contribution in [-0.4, -0.2) is 28.6 Å². The molecule has 4 N–H and O–H groups in total. The molecule has 0 saturated carbocycles. The lowest BCUT2D eigenvalue weighted by atomic mass is 10.1. The second-order valence-electron chi connectivity index (χ2n) is 5.47. The van der Waals surface area contributed by atoms with Crippen LogP contribution in [0.15, 0.2) is 12.1 Å². The van der Waals surface area contributed by atoms with Crippen molar-refractivity contribution in [3.8, 4) is 0 Å². The van der Waals surface area contributed by atoms with Gasteiger partial charge in [-0.25, -0.2) is 9.59 Å². The summed E-state index contributed by atoms with van der Waals surface area (Å²) in [6, 6.07) is 2.48. The third-order valence-corrected chi connectivity index (χ3v) is 2.35. The molecule has 0 saturated heterocycles. The average molecular weight is 294 g/mol. The van der Waals surface area contributed by atoms with Gasteiger partial charge in [0.2, 0.25) is 5.91 Å². The van der Waals surface area contributed by atoms with Crippen molar-refractivity contribution in [1.29, 1.82) is 0 Å². The Morgan fingerprint density at radius 1 is 1.19 bits per heavy atom. The number of anilines is 2. The van der Waals surface area contributed by atoms with Gasteiger partial charge in [-0.15, -0.1) is 0 Å². The number of carbonyl (C=O) groups excluding carboxylic acids is 2. The fourth-order valence-electron chi connectivity index (χ4n) is 1.61. The zero-order valence-electron chi connectivity index (χ0n) is 12.3. The largest absolute Gasteiger partial charge is 0.478 e. The van der Waals surface area contributed by atoms with E-state index in [-0.39, 0.29) is 22.5 Å². The number of benzene rings is 1. The van der Waals surface area contributed by atoms with E-state index in [4.69, 9.17) is 15.6 Å². The summed E-state index contributed by atoms with van der Waals surface area (Å²) >= 11 is 0. The van der Waals surface area contributed by atoms with Gasteiger partial charge in [0.25, 0.3) is 0 Å². The molecule has 114 valence electrons. The van der Waals surface area contributed by atoms with Gasteiger partial charge in [-0.05, 0) is 32.9 Å². The average Bonchev–Trinajstić information content (AvgIpc) is 2.27. The van der Waals surface area contributed by atoms with Crippen LogP contribution < -0.4 is 11.1 Å². The van der Waals surface area contributed by atoms with Crippen molar-refractivity contribution in [2.45, 2.75) is 33.3 Å². The van der Waals surface area contributed by atoms with E-state index in [9.17, 15) is 14.4 Å². The molecule has 0 radical (unpaired) electrons. The summed E-state index contributed by atoms with van der Waals surface area (Å²) < 4.78 is 5.17. The van der Waals surface area contributed by atoms with Crippen LogP contribution >= 0.6 is 0 Å². The highest BCUT2D eigenvalue weighted by Gasteiger charge is 2.23. The first-order chi connectivity index (χ1) is 9.51. The van der Waals surface area contributed by atoms with Crippen LogP contribution in [0.4, 0.5) is 11.4 Å². The Labute approximate surface area is 122 Å². The van der Waals surface area contributed by atoms with Crippen LogP contribution in [0.3, 0.4) is 0 Å². The Balaban J connectivity index is 3.35. The quantitative estimate of drug-likeness (QED) is 0.578. The maximum atomic E-state index is 12.1. The standard InChI is InChI=1S/C14H18N2O5/c1-7(17)16-8-5-9(12(18)19)11(15)10(6-8)13(20)21-14(2,3)4/h5-6H,15H2,1-4H3,(H,16,17)(H,18,19). The molecule has 1 rings (SSSR count). The Kier molecular flexibility index (Phi) is 4.57. The zero-order valence-corrected chi connectivity index (χ0v) is 12.3. The van der Waals surface area contributed by atoms with Gasteiger partial charge in [0, 0.05) is 12.6 Å². The van der Waals surface area contributed by atoms with Crippen molar-refractivity contribution >= 4 is 29.2 Å². The maximum absolute atomic E-state index is 12.1. The van der Waals surface area contributed by atoms with E-state index in [0.717, 1.165) is 0 Å². The molecule has 0 aliphatic rings. The smallest absolute Gasteiger partial charge is 0.340 e. The number of esters is 1. The molecule has 1 aromatic carbocycles. The molecule has 0 aliphatic heterocycles. The van der Waals surface area contributed by atoms with Gasteiger partial charge in [0.1, 0.15) is 5.60 Å². The maximum Gasteiger partial charge on any atom is 0.340 e. The predicted octanol–water partition coefficient (Wildman–Crippen LogP) is 1.88. The van der Waals surface area contributed by atoms with Crippen LogP contribution in [-0.2, 0) is 9.53 Å². The summed E-state index contributed by atoms with van der Waals surface area (Å²) in [7, 11) is 0. The van der Waals surface area contributed by atoms with Crippen molar-refractivity contribution in [3.63, 3.8) is 0 Å². The summed E-state index contributed by atoms with van der Waals surface area (Å²) in [5.74, 6) is -2.45. The van der Waals surface area contributed by atoms with E-state index in [1.807, 2.05) is 0 Å². The molecule has 0 heterocycles. The van der Waals surface area contributed by atoms with Crippen molar-refractivity contribution in [1.82, 2.24) is 0 Å². The van der Waals surface area contributed by atoms with E-state index in [2.05, 4.69) is 5.32 Å². The van der Waals surface area contributed by atoms with E-state index in [1.54, 1.807) is 20.8 Å². The molecule has 0 bridgehead atoms. The number of carboxylic acid groups (broad SMARTS) is 1. The van der Waals surface area contributed by atoms with Crippen molar-refractivity contribution in [2.24, 2.45) is 0 Å². The predicted molar refractivity (Wildman–Crippen MR) is 77.3 cm³/mol. The van der Waals surface area contributed by atoms with Gasteiger partial charge in [0.15, 0.2) is 0 Å². The lowest BCUT2D eigenvalue weighted by Gasteiger charge is -2.20. The molecular weight excluding hydrogens is 276 g/mol. The molecule has 7 nitrogen and oxygen atoms in total. The van der Waals surface area contributed by atoms with E-state index >= 15 is 0 Å². The highest BCUT2D eigenvalue weighted by atomic mass is 16.6. The minimum atomic E-state index is -1.30. The molecule has 21 heavy (non-hydrogen) atoms. The first kappa shape index (κ1) is 16.5. The topological polar surface area (TPSA) is 119 Å². The SMILES string of the molecule is CC(=O)Nc1cc(C(=O)O)c(N)c(C(=O)OC(C)(C)C)c1. The molecule has 7 heteroatoms. The lowest BCUT2D eigenvalue weighted by Crippen LogP contribution is -2.25. The monoisotopic (exact) mass is 294 g/mol. The number of aromatic carboxylic acids is 1. The van der Waals surface area contributed by atoms with Gasteiger partial charge in [0.05, 0.1) is 16.8 Å². The number of ether oxygens (including phenoxy) is 1. The molecule has 1 aromatic rings. The van der Waals surface area contributed by atoms with E-state index < -0.39 is 23.4 Å². The summed E-state index contributed by atoms with van der Waals surface area (Å²) in [6.07, 6.45) is 0. The number of rotatable bonds is 3. The molecule has 0 atom stereocenters. The Morgan fingerprint density at radius 3 is 2.14 bits per heavy atom. The number of hydrogen-bond acceptors (Lipinski definition) is 5. The number of carboxylic acids is 1. The number of amides is 1. The number of nitrogens with one attached hydrogen (secondary N) is 1. The first-order valence-corrected chi connectivity index (χ1v) is 6.19. The Morgan fingerprint density at radius 2 is 1.71 bits per heavy atom. The summed E-state index contributed by atoms with van der Waals surface area (Å²) in [5, 5.41) is 11.5. The fraction of sp³-hybridized carbons (Fsp3) is 0.357.